The minimum atomic E-state index is 0.471. The quantitative estimate of drug-likeness (QED) is 0.633. The standard InChI is InChI=1S/C18H19N/c1-3-16(14-9-5-4-6-10-14)18-13-15-11-7-8-12-17(15)19(18)2/h4-13,16H,3H2,1-2H3. The number of hydrogen-bond acceptors (Lipinski definition) is 0. The molecule has 1 aromatic heterocycles. The molecule has 0 amide bonds. The Balaban J connectivity index is 2.14. The number of para-hydroxylation sites is 1. The molecule has 19 heavy (non-hydrogen) atoms. The van der Waals surface area contributed by atoms with Crippen LogP contribution >= 0.6 is 0 Å². The summed E-state index contributed by atoms with van der Waals surface area (Å²) in [5.74, 6) is 0.471. The van der Waals surface area contributed by atoms with Crippen molar-refractivity contribution in [1.29, 1.82) is 0 Å². The van der Waals surface area contributed by atoms with Gasteiger partial charge in [-0.15, -0.1) is 0 Å². The van der Waals surface area contributed by atoms with Crippen LogP contribution in [-0.2, 0) is 7.05 Å². The van der Waals surface area contributed by atoms with E-state index >= 15 is 0 Å². The van der Waals surface area contributed by atoms with Crippen LogP contribution in [0.5, 0.6) is 0 Å². The first-order chi connectivity index (χ1) is 9.31. The van der Waals surface area contributed by atoms with Crippen molar-refractivity contribution in [2.45, 2.75) is 19.3 Å². The minimum Gasteiger partial charge on any atom is -0.347 e. The van der Waals surface area contributed by atoms with E-state index in [4.69, 9.17) is 0 Å². The largest absolute Gasteiger partial charge is 0.347 e. The summed E-state index contributed by atoms with van der Waals surface area (Å²) < 4.78 is 2.33. The summed E-state index contributed by atoms with van der Waals surface area (Å²) in [4.78, 5) is 0. The fraction of sp³-hybridized carbons (Fsp3) is 0.222. The van der Waals surface area contributed by atoms with Crippen LogP contribution in [0.4, 0.5) is 0 Å². The normalized spacial score (nSPS) is 12.7. The maximum absolute atomic E-state index is 2.33. The Morgan fingerprint density at radius 1 is 0.947 bits per heavy atom. The summed E-state index contributed by atoms with van der Waals surface area (Å²) in [5.41, 5.74) is 4.11. The molecule has 96 valence electrons. The van der Waals surface area contributed by atoms with Crippen LogP contribution in [0.3, 0.4) is 0 Å². The predicted octanol–water partition coefficient (Wildman–Crippen LogP) is 4.72. The highest BCUT2D eigenvalue weighted by Gasteiger charge is 2.16. The van der Waals surface area contributed by atoms with Crippen molar-refractivity contribution in [3.63, 3.8) is 0 Å². The van der Waals surface area contributed by atoms with Gasteiger partial charge in [0.15, 0.2) is 0 Å². The summed E-state index contributed by atoms with van der Waals surface area (Å²) in [7, 11) is 2.17. The summed E-state index contributed by atoms with van der Waals surface area (Å²) in [5, 5.41) is 1.33. The van der Waals surface area contributed by atoms with E-state index in [-0.39, 0.29) is 0 Å². The van der Waals surface area contributed by atoms with Gasteiger partial charge < -0.3 is 4.57 Å². The van der Waals surface area contributed by atoms with E-state index in [1.54, 1.807) is 0 Å². The van der Waals surface area contributed by atoms with Crippen molar-refractivity contribution < 1.29 is 0 Å². The molecule has 3 rings (SSSR count). The van der Waals surface area contributed by atoms with Gasteiger partial charge in [0.1, 0.15) is 0 Å². The van der Waals surface area contributed by atoms with Gasteiger partial charge in [-0.2, -0.15) is 0 Å². The summed E-state index contributed by atoms with van der Waals surface area (Å²) in [6.07, 6.45) is 1.12. The molecule has 0 spiro atoms. The highest BCUT2D eigenvalue weighted by Crippen LogP contribution is 2.31. The van der Waals surface area contributed by atoms with Crippen LogP contribution < -0.4 is 0 Å². The Kier molecular flexibility index (Phi) is 3.12. The molecule has 0 fully saturated rings. The molecule has 3 aromatic rings. The first kappa shape index (κ1) is 12.0. The Bertz CT molecular complexity index is 679. The SMILES string of the molecule is CCC(c1ccccc1)c1cc2ccccc2n1C. The summed E-state index contributed by atoms with van der Waals surface area (Å²) in [6.45, 7) is 2.26. The highest BCUT2D eigenvalue weighted by atomic mass is 14.9. The molecule has 1 nitrogen and oxygen atoms in total. The monoisotopic (exact) mass is 249 g/mol. The number of benzene rings is 2. The van der Waals surface area contributed by atoms with Crippen LogP contribution in [0.15, 0.2) is 60.7 Å². The maximum atomic E-state index is 2.33. The third kappa shape index (κ3) is 2.06. The van der Waals surface area contributed by atoms with Crippen LogP contribution in [0.25, 0.3) is 10.9 Å². The lowest BCUT2D eigenvalue weighted by Crippen LogP contribution is -2.05. The van der Waals surface area contributed by atoms with E-state index in [9.17, 15) is 0 Å². The van der Waals surface area contributed by atoms with Crippen molar-refractivity contribution in [3.8, 4) is 0 Å². The molecule has 1 heterocycles. The topological polar surface area (TPSA) is 4.93 Å². The number of nitrogens with zero attached hydrogens (tertiary/aromatic N) is 1. The lowest BCUT2D eigenvalue weighted by atomic mass is 9.93. The van der Waals surface area contributed by atoms with Crippen molar-refractivity contribution in [2.24, 2.45) is 7.05 Å². The molecule has 0 saturated heterocycles. The van der Waals surface area contributed by atoms with Gasteiger partial charge in [-0.05, 0) is 29.5 Å². The summed E-state index contributed by atoms with van der Waals surface area (Å²) in [6, 6.07) is 21.7. The van der Waals surface area contributed by atoms with Gasteiger partial charge in [-0.25, -0.2) is 0 Å². The zero-order valence-corrected chi connectivity index (χ0v) is 11.5. The van der Waals surface area contributed by atoms with Gasteiger partial charge in [0.2, 0.25) is 0 Å². The number of hydrogen-bond donors (Lipinski definition) is 0. The van der Waals surface area contributed by atoms with Gasteiger partial charge >= 0.3 is 0 Å². The first-order valence-electron chi connectivity index (χ1n) is 6.90. The van der Waals surface area contributed by atoms with Crippen LogP contribution in [0.1, 0.15) is 30.5 Å². The molecular weight excluding hydrogens is 230 g/mol. The predicted molar refractivity (Wildman–Crippen MR) is 81.5 cm³/mol. The lowest BCUT2D eigenvalue weighted by Gasteiger charge is -2.16. The smallest absolute Gasteiger partial charge is 0.0480 e. The maximum Gasteiger partial charge on any atom is 0.0480 e. The van der Waals surface area contributed by atoms with Crippen molar-refractivity contribution in [3.05, 3.63) is 71.9 Å². The molecule has 0 saturated carbocycles. The van der Waals surface area contributed by atoms with Crippen molar-refractivity contribution in [1.82, 2.24) is 4.57 Å². The average molecular weight is 249 g/mol. The number of rotatable bonds is 3. The van der Waals surface area contributed by atoms with E-state index in [0.29, 0.717) is 5.92 Å². The fourth-order valence-electron chi connectivity index (χ4n) is 2.95. The van der Waals surface area contributed by atoms with E-state index < -0.39 is 0 Å². The van der Waals surface area contributed by atoms with E-state index in [1.807, 2.05) is 0 Å². The van der Waals surface area contributed by atoms with E-state index in [1.165, 1.54) is 22.2 Å². The average Bonchev–Trinajstić information content (AvgIpc) is 2.79. The van der Waals surface area contributed by atoms with Gasteiger partial charge in [-0.3, -0.25) is 0 Å². The molecule has 0 aliphatic rings. The molecule has 1 unspecified atom stereocenters. The second kappa shape index (κ2) is 4.93. The van der Waals surface area contributed by atoms with Crippen LogP contribution in [0.2, 0.25) is 0 Å². The summed E-state index contributed by atoms with van der Waals surface area (Å²) >= 11 is 0. The minimum absolute atomic E-state index is 0.471. The number of fused-ring (bicyclic) bond motifs is 1. The molecule has 1 heteroatoms. The van der Waals surface area contributed by atoms with Gasteiger partial charge in [0, 0.05) is 24.2 Å². The van der Waals surface area contributed by atoms with Crippen LogP contribution in [-0.4, -0.2) is 4.57 Å². The molecule has 0 aliphatic carbocycles. The third-order valence-corrected chi connectivity index (χ3v) is 3.96. The Hall–Kier alpha value is -2.02. The van der Waals surface area contributed by atoms with Crippen molar-refractivity contribution in [2.75, 3.05) is 0 Å². The van der Waals surface area contributed by atoms with Crippen LogP contribution in [0, 0.1) is 0 Å². The highest BCUT2D eigenvalue weighted by molar-refractivity contribution is 5.81. The number of aromatic nitrogens is 1. The number of aryl methyl sites for hydroxylation is 1. The molecule has 0 aliphatic heterocycles. The van der Waals surface area contributed by atoms with Gasteiger partial charge in [0.25, 0.3) is 0 Å². The Labute approximate surface area is 114 Å². The second-order valence-corrected chi connectivity index (χ2v) is 5.06. The van der Waals surface area contributed by atoms with Gasteiger partial charge in [0.05, 0.1) is 0 Å². The molecule has 0 N–H and O–H groups in total. The fourth-order valence-corrected chi connectivity index (χ4v) is 2.95. The zero-order chi connectivity index (χ0) is 13.2. The first-order valence-corrected chi connectivity index (χ1v) is 6.90. The third-order valence-electron chi connectivity index (χ3n) is 3.96. The second-order valence-electron chi connectivity index (χ2n) is 5.06. The Morgan fingerprint density at radius 2 is 1.63 bits per heavy atom. The van der Waals surface area contributed by atoms with Gasteiger partial charge in [-0.1, -0.05) is 55.5 Å². The molecular formula is C18H19N. The zero-order valence-electron chi connectivity index (χ0n) is 11.5. The Morgan fingerprint density at radius 3 is 2.32 bits per heavy atom. The van der Waals surface area contributed by atoms with E-state index in [2.05, 4.69) is 79.2 Å². The molecule has 0 bridgehead atoms. The lowest BCUT2D eigenvalue weighted by molar-refractivity contribution is 0.708. The molecule has 1 atom stereocenters. The molecule has 0 radical (unpaired) electrons. The molecule has 2 aromatic carbocycles. The van der Waals surface area contributed by atoms with Crippen molar-refractivity contribution >= 4 is 10.9 Å². The van der Waals surface area contributed by atoms with E-state index in [0.717, 1.165) is 6.42 Å².